The number of nitrogens with zero attached hydrogens (tertiary/aromatic N) is 1. The summed E-state index contributed by atoms with van der Waals surface area (Å²) in [6, 6.07) is 12.8. The van der Waals surface area contributed by atoms with Gasteiger partial charge in [-0.15, -0.1) is 11.3 Å². The summed E-state index contributed by atoms with van der Waals surface area (Å²) in [6.45, 7) is 6.25. The molecule has 2 aromatic carbocycles. The topological polar surface area (TPSA) is 50.9 Å². The third-order valence-electron chi connectivity index (χ3n) is 3.62. The highest BCUT2D eigenvalue weighted by molar-refractivity contribution is 7.18. The molecule has 3 rings (SSSR count). The zero-order chi connectivity index (χ0) is 15.0. The second kappa shape index (κ2) is 5.37. The van der Waals surface area contributed by atoms with E-state index in [0.717, 1.165) is 26.6 Å². The Morgan fingerprint density at radius 2 is 1.86 bits per heavy atom. The van der Waals surface area contributed by atoms with Gasteiger partial charge < -0.3 is 11.1 Å². The van der Waals surface area contributed by atoms with Gasteiger partial charge in [0.1, 0.15) is 0 Å². The third kappa shape index (κ3) is 2.85. The minimum absolute atomic E-state index is 0.199. The van der Waals surface area contributed by atoms with Crippen LogP contribution in [-0.4, -0.2) is 4.98 Å². The van der Waals surface area contributed by atoms with Crippen molar-refractivity contribution < 1.29 is 0 Å². The van der Waals surface area contributed by atoms with E-state index in [1.54, 1.807) is 11.3 Å². The molecule has 3 nitrogen and oxygen atoms in total. The van der Waals surface area contributed by atoms with Gasteiger partial charge in [-0.25, -0.2) is 4.98 Å². The van der Waals surface area contributed by atoms with Crippen LogP contribution in [0, 0.1) is 13.8 Å². The van der Waals surface area contributed by atoms with Crippen LogP contribution < -0.4 is 11.1 Å². The number of anilines is 2. The smallest absolute Gasteiger partial charge is 0.0907 e. The van der Waals surface area contributed by atoms with E-state index in [4.69, 9.17) is 5.73 Å². The van der Waals surface area contributed by atoms with E-state index < -0.39 is 0 Å². The first kappa shape index (κ1) is 13.9. The SMILES string of the molecule is Cc1ccc(C(C)Nc2cc3nc(C)sc3cc2N)cc1. The van der Waals surface area contributed by atoms with Gasteiger partial charge in [0.2, 0.25) is 0 Å². The Morgan fingerprint density at radius 1 is 1.14 bits per heavy atom. The zero-order valence-corrected chi connectivity index (χ0v) is 13.3. The van der Waals surface area contributed by atoms with E-state index in [1.807, 2.05) is 19.1 Å². The number of hydrogen-bond acceptors (Lipinski definition) is 4. The van der Waals surface area contributed by atoms with Crippen LogP contribution in [-0.2, 0) is 0 Å². The van der Waals surface area contributed by atoms with Gasteiger partial charge in [0, 0.05) is 6.04 Å². The number of hydrogen-bond donors (Lipinski definition) is 2. The van der Waals surface area contributed by atoms with E-state index in [1.165, 1.54) is 11.1 Å². The first-order valence-corrected chi connectivity index (χ1v) is 7.84. The molecule has 0 radical (unpaired) electrons. The summed E-state index contributed by atoms with van der Waals surface area (Å²) in [5.74, 6) is 0. The van der Waals surface area contributed by atoms with Crippen LogP contribution in [0.1, 0.15) is 29.1 Å². The molecule has 0 fully saturated rings. The molecule has 1 aromatic heterocycles. The highest BCUT2D eigenvalue weighted by atomic mass is 32.1. The quantitative estimate of drug-likeness (QED) is 0.691. The Labute approximate surface area is 128 Å². The molecule has 1 unspecified atom stereocenters. The summed E-state index contributed by atoms with van der Waals surface area (Å²) >= 11 is 1.67. The molecule has 0 spiro atoms. The van der Waals surface area contributed by atoms with E-state index >= 15 is 0 Å². The average Bonchev–Trinajstić information content (AvgIpc) is 2.79. The number of rotatable bonds is 3. The van der Waals surface area contributed by atoms with E-state index in [0.29, 0.717) is 0 Å². The van der Waals surface area contributed by atoms with Crippen LogP contribution in [0.5, 0.6) is 0 Å². The minimum atomic E-state index is 0.199. The van der Waals surface area contributed by atoms with Crippen LogP contribution >= 0.6 is 11.3 Å². The lowest BCUT2D eigenvalue weighted by molar-refractivity contribution is 0.885. The molecule has 4 heteroatoms. The Morgan fingerprint density at radius 3 is 2.57 bits per heavy atom. The summed E-state index contributed by atoms with van der Waals surface area (Å²) in [7, 11) is 0. The Kier molecular flexibility index (Phi) is 3.55. The van der Waals surface area contributed by atoms with Gasteiger partial charge in [-0.3, -0.25) is 0 Å². The fourth-order valence-electron chi connectivity index (χ4n) is 2.40. The molecule has 0 aliphatic heterocycles. The standard InChI is InChI=1S/C17H19N3S/c1-10-4-6-13(7-5-10)11(2)19-15-9-16-17(8-14(15)18)21-12(3)20-16/h4-9,11,19H,18H2,1-3H3. The van der Waals surface area contributed by atoms with Gasteiger partial charge in [-0.05, 0) is 38.5 Å². The average molecular weight is 297 g/mol. The van der Waals surface area contributed by atoms with Crippen molar-refractivity contribution in [1.82, 2.24) is 4.98 Å². The highest BCUT2D eigenvalue weighted by Gasteiger charge is 2.10. The number of aryl methyl sites for hydroxylation is 2. The third-order valence-corrected chi connectivity index (χ3v) is 4.55. The zero-order valence-electron chi connectivity index (χ0n) is 12.5. The van der Waals surface area contributed by atoms with Crippen molar-refractivity contribution >= 4 is 32.9 Å². The number of nitrogens with two attached hydrogens (primary N) is 1. The molecule has 1 heterocycles. The second-order valence-corrected chi connectivity index (χ2v) is 6.65. The molecule has 0 aliphatic rings. The van der Waals surface area contributed by atoms with E-state index in [-0.39, 0.29) is 6.04 Å². The maximum absolute atomic E-state index is 6.16. The number of nitrogens with one attached hydrogen (secondary N) is 1. The molecule has 0 amide bonds. The lowest BCUT2D eigenvalue weighted by Crippen LogP contribution is -2.08. The van der Waals surface area contributed by atoms with Crippen LogP contribution in [0.4, 0.5) is 11.4 Å². The number of thiazole rings is 1. The fourth-order valence-corrected chi connectivity index (χ4v) is 3.26. The van der Waals surface area contributed by atoms with Gasteiger partial charge in [0.15, 0.2) is 0 Å². The van der Waals surface area contributed by atoms with Crippen molar-refractivity contribution in [3.8, 4) is 0 Å². The van der Waals surface area contributed by atoms with Crippen molar-refractivity contribution in [3.63, 3.8) is 0 Å². The van der Waals surface area contributed by atoms with Crippen LogP contribution in [0.15, 0.2) is 36.4 Å². The molecule has 0 saturated heterocycles. The predicted molar refractivity (Wildman–Crippen MR) is 92.0 cm³/mol. The molecule has 3 N–H and O–H groups in total. The minimum Gasteiger partial charge on any atom is -0.397 e. The number of benzene rings is 2. The van der Waals surface area contributed by atoms with E-state index in [2.05, 4.69) is 48.4 Å². The highest BCUT2D eigenvalue weighted by Crippen LogP contribution is 2.31. The molecule has 0 bridgehead atoms. The summed E-state index contributed by atoms with van der Waals surface area (Å²) in [5.41, 5.74) is 11.4. The predicted octanol–water partition coefficient (Wildman–Crippen LogP) is 4.67. The summed E-state index contributed by atoms with van der Waals surface area (Å²) in [4.78, 5) is 4.53. The first-order valence-electron chi connectivity index (χ1n) is 7.02. The molecule has 108 valence electrons. The van der Waals surface area contributed by atoms with Crippen molar-refractivity contribution in [1.29, 1.82) is 0 Å². The van der Waals surface area contributed by atoms with Crippen LogP contribution in [0.2, 0.25) is 0 Å². The molecule has 0 saturated carbocycles. The summed E-state index contributed by atoms with van der Waals surface area (Å²) < 4.78 is 1.14. The molecular formula is C17H19N3S. The lowest BCUT2D eigenvalue weighted by Gasteiger charge is -2.17. The normalized spacial score (nSPS) is 12.5. The van der Waals surface area contributed by atoms with Crippen LogP contribution in [0.25, 0.3) is 10.2 Å². The largest absolute Gasteiger partial charge is 0.397 e. The summed E-state index contributed by atoms with van der Waals surface area (Å²) in [6.07, 6.45) is 0. The van der Waals surface area contributed by atoms with Gasteiger partial charge in [-0.2, -0.15) is 0 Å². The van der Waals surface area contributed by atoms with Crippen molar-refractivity contribution in [2.75, 3.05) is 11.1 Å². The van der Waals surface area contributed by atoms with Crippen molar-refractivity contribution in [3.05, 3.63) is 52.5 Å². The fraction of sp³-hybridized carbons (Fsp3) is 0.235. The maximum Gasteiger partial charge on any atom is 0.0907 e. The van der Waals surface area contributed by atoms with Crippen molar-refractivity contribution in [2.24, 2.45) is 0 Å². The van der Waals surface area contributed by atoms with Gasteiger partial charge in [0.05, 0.1) is 26.6 Å². The summed E-state index contributed by atoms with van der Waals surface area (Å²) in [5, 5.41) is 4.55. The van der Waals surface area contributed by atoms with Crippen LogP contribution in [0.3, 0.4) is 0 Å². The Balaban J connectivity index is 1.89. The molecular weight excluding hydrogens is 278 g/mol. The van der Waals surface area contributed by atoms with Crippen molar-refractivity contribution in [2.45, 2.75) is 26.8 Å². The molecule has 21 heavy (non-hydrogen) atoms. The second-order valence-electron chi connectivity index (χ2n) is 5.42. The number of nitrogen functional groups attached to an aromatic ring is 1. The van der Waals surface area contributed by atoms with Gasteiger partial charge in [0.25, 0.3) is 0 Å². The monoisotopic (exact) mass is 297 g/mol. The van der Waals surface area contributed by atoms with E-state index in [9.17, 15) is 0 Å². The lowest BCUT2D eigenvalue weighted by atomic mass is 10.1. The molecule has 3 aromatic rings. The Bertz CT molecular complexity index is 775. The maximum atomic E-state index is 6.16. The number of aromatic nitrogens is 1. The number of fused-ring (bicyclic) bond motifs is 1. The molecule has 0 aliphatic carbocycles. The molecule has 1 atom stereocenters. The Hall–Kier alpha value is -2.07. The van der Waals surface area contributed by atoms with Gasteiger partial charge in [-0.1, -0.05) is 29.8 Å². The van der Waals surface area contributed by atoms with Gasteiger partial charge >= 0.3 is 0 Å². The first-order chi connectivity index (χ1) is 10.0.